The molecule has 0 spiro atoms. The van der Waals surface area contributed by atoms with E-state index in [2.05, 4.69) is 130 Å². The molecule has 0 unspecified atom stereocenters. The molecular formula is C35H25N3S. The smallest absolute Gasteiger partial charge is 0.0695 e. The minimum Gasteiger partial charge on any atom is -0.396 e. The summed E-state index contributed by atoms with van der Waals surface area (Å²) in [6.45, 7) is 2.04. The molecule has 39 heavy (non-hydrogen) atoms. The summed E-state index contributed by atoms with van der Waals surface area (Å²) in [5.74, 6) is 0. The standard InChI is InChI=1S/C35H25N3S/c1-2-11-30-33(36)32-29(38(30)23-14-7-4-8-15-23)21-19-25-24-18-20-28-31(34(24)39-35(25)32)26-16-9-10-17-27(26)37(28)22-12-5-3-6-13-22/h2-21H,36H2,1H3/b11-2-. The highest BCUT2D eigenvalue weighted by Crippen LogP contribution is 2.47. The van der Waals surface area contributed by atoms with Gasteiger partial charge < -0.3 is 14.9 Å². The highest BCUT2D eigenvalue weighted by atomic mass is 32.1. The van der Waals surface area contributed by atoms with Crippen LogP contribution in [0.4, 0.5) is 5.69 Å². The van der Waals surface area contributed by atoms with Gasteiger partial charge in [0.2, 0.25) is 0 Å². The molecule has 4 heteroatoms. The van der Waals surface area contributed by atoms with Crippen LogP contribution >= 0.6 is 11.3 Å². The molecule has 0 aliphatic carbocycles. The molecule has 0 saturated carbocycles. The third-order valence-corrected chi connectivity index (χ3v) is 9.06. The third-order valence-electron chi connectivity index (χ3n) is 7.80. The Bertz CT molecular complexity index is 2230. The molecule has 3 heterocycles. The minimum atomic E-state index is 0.826. The van der Waals surface area contributed by atoms with Gasteiger partial charge in [-0.3, -0.25) is 0 Å². The van der Waals surface area contributed by atoms with E-state index in [0.717, 1.165) is 28.0 Å². The third kappa shape index (κ3) is 3.03. The second-order valence-corrected chi connectivity index (χ2v) is 11.0. The summed E-state index contributed by atoms with van der Waals surface area (Å²) in [6.07, 6.45) is 4.18. The van der Waals surface area contributed by atoms with E-state index < -0.39 is 0 Å². The van der Waals surface area contributed by atoms with Crippen molar-refractivity contribution in [3.63, 3.8) is 0 Å². The fourth-order valence-corrected chi connectivity index (χ4v) is 7.61. The van der Waals surface area contributed by atoms with Crippen molar-refractivity contribution in [1.29, 1.82) is 0 Å². The fraction of sp³-hybridized carbons (Fsp3) is 0.0286. The molecule has 0 bridgehead atoms. The van der Waals surface area contributed by atoms with Gasteiger partial charge in [0.25, 0.3) is 0 Å². The van der Waals surface area contributed by atoms with Crippen LogP contribution in [0.25, 0.3) is 70.3 Å². The highest BCUT2D eigenvalue weighted by molar-refractivity contribution is 7.27. The average Bonchev–Trinajstić information content (AvgIpc) is 3.61. The molecule has 0 fully saturated rings. The van der Waals surface area contributed by atoms with Crippen molar-refractivity contribution in [2.45, 2.75) is 6.92 Å². The number of anilines is 1. The Morgan fingerprint density at radius 2 is 1.13 bits per heavy atom. The van der Waals surface area contributed by atoms with Gasteiger partial charge in [0, 0.05) is 47.7 Å². The predicted molar refractivity (Wildman–Crippen MR) is 170 cm³/mol. The maximum absolute atomic E-state index is 6.96. The first-order valence-electron chi connectivity index (χ1n) is 13.2. The van der Waals surface area contributed by atoms with Crippen molar-refractivity contribution >= 4 is 76.0 Å². The molecule has 3 nitrogen and oxygen atoms in total. The van der Waals surface area contributed by atoms with Crippen LogP contribution in [0.15, 0.2) is 115 Å². The zero-order valence-corrected chi connectivity index (χ0v) is 22.2. The summed E-state index contributed by atoms with van der Waals surface area (Å²) in [5, 5.41) is 6.24. The number of hydrogen-bond donors (Lipinski definition) is 1. The van der Waals surface area contributed by atoms with Crippen LogP contribution < -0.4 is 5.73 Å². The summed E-state index contributed by atoms with van der Waals surface area (Å²) < 4.78 is 7.21. The molecule has 3 aromatic heterocycles. The topological polar surface area (TPSA) is 35.9 Å². The molecule has 186 valence electrons. The van der Waals surface area contributed by atoms with Crippen molar-refractivity contribution in [2.75, 3.05) is 5.73 Å². The molecule has 2 N–H and O–H groups in total. The van der Waals surface area contributed by atoms with Gasteiger partial charge in [0.15, 0.2) is 0 Å². The molecule has 0 radical (unpaired) electrons. The van der Waals surface area contributed by atoms with Crippen LogP contribution in [0.1, 0.15) is 12.6 Å². The molecular weight excluding hydrogens is 494 g/mol. The first-order valence-corrected chi connectivity index (χ1v) is 14.0. The van der Waals surface area contributed by atoms with E-state index in [1.807, 2.05) is 18.3 Å². The number of thiophene rings is 1. The largest absolute Gasteiger partial charge is 0.396 e. The zero-order chi connectivity index (χ0) is 26.1. The van der Waals surface area contributed by atoms with E-state index in [-0.39, 0.29) is 0 Å². The van der Waals surface area contributed by atoms with Gasteiger partial charge in [0.05, 0.1) is 27.9 Å². The Balaban J connectivity index is 1.53. The van der Waals surface area contributed by atoms with Gasteiger partial charge in [0.1, 0.15) is 0 Å². The van der Waals surface area contributed by atoms with Crippen LogP contribution in [0, 0.1) is 0 Å². The van der Waals surface area contributed by atoms with Crippen molar-refractivity contribution in [2.24, 2.45) is 0 Å². The Kier molecular flexibility index (Phi) is 4.76. The van der Waals surface area contributed by atoms with Crippen LogP contribution in [0.5, 0.6) is 0 Å². The summed E-state index contributed by atoms with van der Waals surface area (Å²) in [5.41, 5.74) is 14.7. The van der Waals surface area contributed by atoms with Crippen molar-refractivity contribution in [1.82, 2.24) is 9.13 Å². The number of nitrogen functional groups attached to an aromatic ring is 1. The van der Waals surface area contributed by atoms with Crippen molar-refractivity contribution in [3.8, 4) is 11.4 Å². The number of fused-ring (bicyclic) bond motifs is 9. The van der Waals surface area contributed by atoms with Gasteiger partial charge in [-0.05, 0) is 55.5 Å². The van der Waals surface area contributed by atoms with Crippen molar-refractivity contribution in [3.05, 3.63) is 121 Å². The second-order valence-electron chi connectivity index (χ2n) is 9.93. The van der Waals surface area contributed by atoms with Crippen LogP contribution in [-0.2, 0) is 0 Å². The van der Waals surface area contributed by atoms with Crippen LogP contribution in [0.3, 0.4) is 0 Å². The summed E-state index contributed by atoms with van der Waals surface area (Å²) >= 11 is 1.86. The molecule has 0 aliphatic heterocycles. The van der Waals surface area contributed by atoms with Gasteiger partial charge in [-0.15, -0.1) is 11.3 Å². The summed E-state index contributed by atoms with van der Waals surface area (Å²) in [7, 11) is 0. The first kappa shape index (κ1) is 22.2. The fourth-order valence-electron chi connectivity index (χ4n) is 6.20. The van der Waals surface area contributed by atoms with Crippen molar-refractivity contribution < 1.29 is 0 Å². The predicted octanol–water partition coefficient (Wildman–Crippen LogP) is 9.71. The Hall–Kier alpha value is -4.80. The van der Waals surface area contributed by atoms with Gasteiger partial charge in [-0.1, -0.05) is 72.8 Å². The van der Waals surface area contributed by atoms with E-state index in [9.17, 15) is 0 Å². The van der Waals surface area contributed by atoms with Gasteiger partial charge >= 0.3 is 0 Å². The van der Waals surface area contributed by atoms with E-state index >= 15 is 0 Å². The van der Waals surface area contributed by atoms with Crippen LogP contribution in [-0.4, -0.2) is 9.13 Å². The van der Waals surface area contributed by atoms with E-state index in [0.29, 0.717) is 0 Å². The molecule has 8 rings (SSSR count). The lowest BCUT2D eigenvalue weighted by molar-refractivity contribution is 1.11. The number of nitrogens with two attached hydrogens (primary N) is 1. The first-order chi connectivity index (χ1) is 19.3. The maximum Gasteiger partial charge on any atom is 0.0695 e. The number of hydrogen-bond acceptors (Lipinski definition) is 2. The lowest BCUT2D eigenvalue weighted by atomic mass is 10.1. The lowest BCUT2D eigenvalue weighted by Gasteiger charge is -2.08. The number of nitrogens with zero attached hydrogens (tertiary/aromatic N) is 2. The number of para-hydroxylation sites is 3. The summed E-state index contributed by atoms with van der Waals surface area (Å²) in [6, 6.07) is 39.0. The van der Waals surface area contributed by atoms with E-state index in [1.54, 1.807) is 0 Å². The Labute approximate surface area is 229 Å². The molecule has 8 aromatic rings. The van der Waals surface area contributed by atoms with E-state index in [1.165, 1.54) is 47.7 Å². The SMILES string of the molecule is C/C=C\c1c(N)c2c3sc4c(ccc5c4c4ccccc4n5-c4ccccc4)c3ccc2n1-c1ccccc1. The molecule has 0 saturated heterocycles. The van der Waals surface area contributed by atoms with Gasteiger partial charge in [-0.25, -0.2) is 0 Å². The Morgan fingerprint density at radius 1 is 0.564 bits per heavy atom. The molecule has 0 amide bonds. The number of benzene rings is 5. The quantitative estimate of drug-likeness (QED) is 0.248. The molecule has 5 aromatic carbocycles. The maximum atomic E-state index is 6.96. The highest BCUT2D eigenvalue weighted by Gasteiger charge is 2.22. The average molecular weight is 520 g/mol. The molecule has 0 atom stereocenters. The zero-order valence-electron chi connectivity index (χ0n) is 21.4. The lowest BCUT2D eigenvalue weighted by Crippen LogP contribution is -1.97. The summed E-state index contributed by atoms with van der Waals surface area (Å²) in [4.78, 5) is 0. The second kappa shape index (κ2) is 8.35. The Morgan fingerprint density at radius 3 is 1.79 bits per heavy atom. The number of aromatic nitrogens is 2. The van der Waals surface area contributed by atoms with Crippen LogP contribution in [0.2, 0.25) is 0 Å². The number of allylic oxidation sites excluding steroid dienone is 1. The van der Waals surface area contributed by atoms with E-state index in [4.69, 9.17) is 5.73 Å². The number of rotatable bonds is 3. The normalized spacial score (nSPS) is 12.2. The molecule has 0 aliphatic rings. The van der Waals surface area contributed by atoms with Gasteiger partial charge in [-0.2, -0.15) is 0 Å². The minimum absolute atomic E-state index is 0.826. The monoisotopic (exact) mass is 519 g/mol.